The van der Waals surface area contributed by atoms with Crippen molar-refractivity contribution in [3.8, 4) is 5.69 Å². The fraction of sp³-hybridized carbons (Fsp3) is 0.200. The molecule has 1 amide bonds. The Morgan fingerprint density at radius 3 is 2.68 bits per heavy atom. The zero-order chi connectivity index (χ0) is 17.5. The summed E-state index contributed by atoms with van der Waals surface area (Å²) in [4.78, 5) is 11.9. The molecule has 3 rings (SSSR count). The topological polar surface area (TPSA) is 46.9 Å². The van der Waals surface area contributed by atoms with E-state index < -0.39 is 0 Å². The van der Waals surface area contributed by atoms with Crippen molar-refractivity contribution in [3.05, 3.63) is 83.9 Å². The van der Waals surface area contributed by atoms with Crippen LogP contribution in [0.25, 0.3) is 5.69 Å². The fourth-order valence-corrected chi connectivity index (χ4v) is 2.60. The van der Waals surface area contributed by atoms with Gasteiger partial charge in [0.05, 0.1) is 11.9 Å². The van der Waals surface area contributed by atoms with Gasteiger partial charge in [0.1, 0.15) is 5.82 Å². The van der Waals surface area contributed by atoms with Gasteiger partial charge in [0, 0.05) is 19.2 Å². The first-order valence-corrected chi connectivity index (χ1v) is 8.31. The molecule has 4 nitrogen and oxygen atoms in total. The molecule has 1 N–H and O–H groups in total. The van der Waals surface area contributed by atoms with Gasteiger partial charge in [0.2, 0.25) is 5.91 Å². The van der Waals surface area contributed by atoms with Crippen LogP contribution in [0.5, 0.6) is 0 Å². The molecule has 3 aromatic rings. The lowest BCUT2D eigenvalue weighted by atomic mass is 10.1. The Morgan fingerprint density at radius 1 is 1.04 bits per heavy atom. The lowest BCUT2D eigenvalue weighted by Gasteiger charge is -2.05. The lowest BCUT2D eigenvalue weighted by Crippen LogP contribution is -2.25. The van der Waals surface area contributed by atoms with Crippen LogP contribution in [0.4, 0.5) is 4.39 Å². The third-order valence-electron chi connectivity index (χ3n) is 3.92. The van der Waals surface area contributed by atoms with Crippen LogP contribution in [0.15, 0.2) is 67.0 Å². The number of halogens is 1. The van der Waals surface area contributed by atoms with E-state index in [1.165, 1.54) is 12.1 Å². The van der Waals surface area contributed by atoms with Gasteiger partial charge in [-0.15, -0.1) is 0 Å². The molecule has 0 saturated heterocycles. The largest absolute Gasteiger partial charge is 0.356 e. The maximum absolute atomic E-state index is 13.1. The molecule has 0 aliphatic carbocycles. The van der Waals surface area contributed by atoms with Crippen molar-refractivity contribution in [1.82, 2.24) is 15.1 Å². The van der Waals surface area contributed by atoms with Gasteiger partial charge in [-0.3, -0.25) is 4.79 Å². The number of para-hydroxylation sites is 1. The molecule has 0 aliphatic rings. The van der Waals surface area contributed by atoms with E-state index in [2.05, 4.69) is 10.4 Å². The highest BCUT2D eigenvalue weighted by Crippen LogP contribution is 2.08. The summed E-state index contributed by atoms with van der Waals surface area (Å²) in [6, 6.07) is 16.2. The van der Waals surface area contributed by atoms with E-state index in [4.69, 9.17) is 0 Å². The number of nitrogens with one attached hydrogen (secondary N) is 1. The number of rotatable bonds is 7. The van der Waals surface area contributed by atoms with E-state index in [1.807, 2.05) is 53.5 Å². The summed E-state index contributed by atoms with van der Waals surface area (Å²) < 4.78 is 14.9. The molecule has 0 atom stereocenters. The summed E-state index contributed by atoms with van der Waals surface area (Å²) in [5.41, 5.74) is 2.90. The number of carbonyl (C=O) groups excluding carboxylic acids is 1. The smallest absolute Gasteiger partial charge is 0.220 e. The fourth-order valence-electron chi connectivity index (χ4n) is 2.60. The SMILES string of the molecule is O=C(CCc1cccc(F)c1)NCCc1cnn(-c2ccccc2)c1. The van der Waals surface area contributed by atoms with Gasteiger partial charge in [-0.1, -0.05) is 30.3 Å². The normalized spacial score (nSPS) is 10.6. The zero-order valence-corrected chi connectivity index (χ0v) is 13.9. The first kappa shape index (κ1) is 16.9. The molecule has 1 heterocycles. The van der Waals surface area contributed by atoms with Crippen molar-refractivity contribution in [2.45, 2.75) is 19.3 Å². The summed E-state index contributed by atoms with van der Waals surface area (Å²) in [6.07, 6.45) is 5.39. The van der Waals surface area contributed by atoms with Gasteiger partial charge in [0.15, 0.2) is 0 Å². The number of amides is 1. The van der Waals surface area contributed by atoms with E-state index in [9.17, 15) is 9.18 Å². The van der Waals surface area contributed by atoms with Gasteiger partial charge >= 0.3 is 0 Å². The Morgan fingerprint density at radius 2 is 1.88 bits per heavy atom. The predicted molar refractivity (Wildman–Crippen MR) is 95.0 cm³/mol. The monoisotopic (exact) mass is 337 g/mol. The number of nitrogens with zero attached hydrogens (tertiary/aromatic N) is 2. The van der Waals surface area contributed by atoms with Crippen LogP contribution >= 0.6 is 0 Å². The van der Waals surface area contributed by atoms with Gasteiger partial charge in [-0.05, 0) is 48.2 Å². The minimum absolute atomic E-state index is 0.0280. The van der Waals surface area contributed by atoms with Crippen LogP contribution in [-0.2, 0) is 17.6 Å². The third-order valence-corrected chi connectivity index (χ3v) is 3.92. The standard InChI is InChI=1S/C20H20FN3O/c21-18-6-4-5-16(13-18)9-10-20(25)22-12-11-17-14-23-24(15-17)19-7-2-1-3-8-19/h1-8,13-15H,9-12H2,(H,22,25). The maximum Gasteiger partial charge on any atom is 0.220 e. The Balaban J connectivity index is 1.42. The van der Waals surface area contributed by atoms with Crippen LogP contribution < -0.4 is 5.32 Å². The molecule has 0 radical (unpaired) electrons. The van der Waals surface area contributed by atoms with Gasteiger partial charge in [0.25, 0.3) is 0 Å². The molecule has 0 bridgehead atoms. The number of benzene rings is 2. The van der Waals surface area contributed by atoms with Crippen molar-refractivity contribution < 1.29 is 9.18 Å². The second-order valence-electron chi connectivity index (χ2n) is 5.86. The summed E-state index contributed by atoms with van der Waals surface area (Å²) in [6.45, 7) is 0.558. The highest BCUT2D eigenvalue weighted by Gasteiger charge is 2.04. The molecular formula is C20H20FN3O. The molecule has 0 aliphatic heterocycles. The molecule has 5 heteroatoms. The van der Waals surface area contributed by atoms with Crippen molar-refractivity contribution in [2.24, 2.45) is 0 Å². The summed E-state index contributed by atoms with van der Waals surface area (Å²) in [7, 11) is 0. The van der Waals surface area contributed by atoms with Crippen molar-refractivity contribution in [1.29, 1.82) is 0 Å². The zero-order valence-electron chi connectivity index (χ0n) is 13.9. The quantitative estimate of drug-likeness (QED) is 0.719. The molecular weight excluding hydrogens is 317 g/mol. The summed E-state index contributed by atoms with van der Waals surface area (Å²) in [5.74, 6) is -0.298. The Kier molecular flexibility index (Phi) is 5.57. The minimum Gasteiger partial charge on any atom is -0.356 e. The van der Waals surface area contributed by atoms with Crippen molar-refractivity contribution in [3.63, 3.8) is 0 Å². The first-order valence-electron chi connectivity index (χ1n) is 8.31. The molecule has 2 aromatic carbocycles. The van der Waals surface area contributed by atoms with Gasteiger partial charge in [-0.25, -0.2) is 9.07 Å². The average Bonchev–Trinajstić information content (AvgIpc) is 3.10. The second kappa shape index (κ2) is 8.24. The Bertz CT molecular complexity index is 830. The lowest BCUT2D eigenvalue weighted by molar-refractivity contribution is -0.121. The number of aromatic nitrogens is 2. The van der Waals surface area contributed by atoms with E-state index in [0.717, 1.165) is 23.2 Å². The van der Waals surface area contributed by atoms with Crippen LogP contribution in [0.1, 0.15) is 17.5 Å². The molecule has 1 aromatic heterocycles. The van der Waals surface area contributed by atoms with Gasteiger partial charge in [-0.2, -0.15) is 5.10 Å². The second-order valence-corrected chi connectivity index (χ2v) is 5.86. The number of carbonyl (C=O) groups is 1. The van der Waals surface area contributed by atoms with Gasteiger partial charge < -0.3 is 5.32 Å². The molecule has 128 valence electrons. The average molecular weight is 337 g/mol. The predicted octanol–water partition coefficient (Wildman–Crippen LogP) is 3.30. The molecule has 0 fully saturated rings. The van der Waals surface area contributed by atoms with E-state index >= 15 is 0 Å². The number of hydrogen-bond acceptors (Lipinski definition) is 2. The highest BCUT2D eigenvalue weighted by molar-refractivity contribution is 5.76. The van der Waals surface area contributed by atoms with E-state index in [1.54, 1.807) is 6.07 Å². The van der Waals surface area contributed by atoms with Crippen LogP contribution in [-0.4, -0.2) is 22.2 Å². The van der Waals surface area contributed by atoms with E-state index in [0.29, 0.717) is 19.4 Å². The number of hydrogen-bond donors (Lipinski definition) is 1. The Hall–Kier alpha value is -2.95. The van der Waals surface area contributed by atoms with Crippen LogP contribution in [0.3, 0.4) is 0 Å². The molecule has 0 saturated carbocycles. The molecule has 25 heavy (non-hydrogen) atoms. The first-order chi connectivity index (χ1) is 12.2. The minimum atomic E-state index is -0.270. The Labute approximate surface area is 146 Å². The number of aryl methyl sites for hydroxylation is 1. The maximum atomic E-state index is 13.1. The van der Waals surface area contributed by atoms with Crippen LogP contribution in [0, 0.1) is 5.82 Å². The molecule has 0 spiro atoms. The third kappa shape index (κ3) is 5.01. The van der Waals surface area contributed by atoms with Crippen molar-refractivity contribution in [2.75, 3.05) is 6.54 Å². The van der Waals surface area contributed by atoms with Crippen LogP contribution in [0.2, 0.25) is 0 Å². The van der Waals surface area contributed by atoms with E-state index in [-0.39, 0.29) is 11.7 Å². The van der Waals surface area contributed by atoms with Crippen molar-refractivity contribution >= 4 is 5.91 Å². The summed E-state index contributed by atoms with van der Waals surface area (Å²) in [5, 5.41) is 7.23. The highest BCUT2D eigenvalue weighted by atomic mass is 19.1. The molecule has 0 unspecified atom stereocenters. The summed E-state index contributed by atoms with van der Waals surface area (Å²) >= 11 is 0.